The number of rotatable bonds is 3. The van der Waals surface area contributed by atoms with Crippen LogP contribution in [-0.4, -0.2) is 12.2 Å². The zero-order chi connectivity index (χ0) is 12.4. The lowest BCUT2D eigenvalue weighted by atomic mass is 10.1. The van der Waals surface area contributed by atoms with Crippen molar-refractivity contribution in [1.82, 2.24) is 10.5 Å². The summed E-state index contributed by atoms with van der Waals surface area (Å²) in [6, 6.07) is 3.28. The van der Waals surface area contributed by atoms with Crippen LogP contribution < -0.4 is 5.32 Å². The van der Waals surface area contributed by atoms with Crippen molar-refractivity contribution in [3.05, 3.63) is 41.4 Å². The van der Waals surface area contributed by atoms with E-state index in [1.165, 1.54) is 6.07 Å². The van der Waals surface area contributed by atoms with Gasteiger partial charge in [0.05, 0.1) is 6.54 Å². The van der Waals surface area contributed by atoms with E-state index in [-0.39, 0.29) is 11.3 Å². The minimum absolute atomic E-state index is 0.132. The Kier molecular flexibility index (Phi) is 3.14. The van der Waals surface area contributed by atoms with Gasteiger partial charge in [-0.1, -0.05) is 5.16 Å². The van der Waals surface area contributed by atoms with Gasteiger partial charge < -0.3 is 9.84 Å². The van der Waals surface area contributed by atoms with Crippen LogP contribution in [0.15, 0.2) is 22.7 Å². The van der Waals surface area contributed by atoms with E-state index in [9.17, 15) is 13.2 Å². The van der Waals surface area contributed by atoms with E-state index >= 15 is 0 Å². The van der Waals surface area contributed by atoms with Gasteiger partial charge in [-0.25, -0.2) is 13.2 Å². The first-order valence-corrected chi connectivity index (χ1v) is 4.87. The van der Waals surface area contributed by atoms with Gasteiger partial charge >= 0.3 is 0 Å². The number of aromatic nitrogens is 1. The average Bonchev–Trinajstić information content (AvgIpc) is 2.74. The first-order valence-electron chi connectivity index (χ1n) is 4.87. The smallest absolute Gasteiger partial charge is 0.194 e. The number of nitrogens with one attached hydrogen (secondary N) is 1. The molecule has 3 nitrogen and oxygen atoms in total. The van der Waals surface area contributed by atoms with Crippen LogP contribution in [0.2, 0.25) is 0 Å². The first kappa shape index (κ1) is 11.7. The molecule has 0 aliphatic heterocycles. The Balaban J connectivity index is 2.39. The second kappa shape index (κ2) is 4.58. The fraction of sp³-hybridized carbons (Fsp3) is 0.182. The molecule has 17 heavy (non-hydrogen) atoms. The lowest BCUT2D eigenvalue weighted by molar-refractivity contribution is 0.379. The van der Waals surface area contributed by atoms with Crippen LogP contribution in [0.4, 0.5) is 13.2 Å². The first-order chi connectivity index (χ1) is 8.11. The standard InChI is InChI=1S/C11H9F3N2O/c1-15-5-7-4-10(16-17-7)6-2-8(12)11(14)9(13)3-6/h2-4,15H,5H2,1H3. The third-order valence-corrected chi connectivity index (χ3v) is 2.19. The molecule has 0 saturated carbocycles. The van der Waals surface area contributed by atoms with Crippen molar-refractivity contribution in [2.24, 2.45) is 0 Å². The van der Waals surface area contributed by atoms with E-state index in [1.807, 2.05) is 0 Å². The highest BCUT2D eigenvalue weighted by Crippen LogP contribution is 2.23. The topological polar surface area (TPSA) is 38.1 Å². The number of nitrogens with zero attached hydrogens (tertiary/aromatic N) is 1. The molecule has 1 aromatic heterocycles. The number of benzene rings is 1. The Morgan fingerprint density at radius 2 is 1.82 bits per heavy atom. The Labute approximate surface area is 95.2 Å². The lowest BCUT2D eigenvalue weighted by Crippen LogP contribution is -2.03. The zero-order valence-corrected chi connectivity index (χ0v) is 8.93. The van der Waals surface area contributed by atoms with Gasteiger partial charge in [-0.2, -0.15) is 0 Å². The molecule has 6 heteroatoms. The molecule has 0 amide bonds. The maximum Gasteiger partial charge on any atom is 0.194 e. The van der Waals surface area contributed by atoms with Crippen LogP contribution in [0.3, 0.4) is 0 Å². The molecular weight excluding hydrogens is 233 g/mol. The molecule has 0 fully saturated rings. The monoisotopic (exact) mass is 242 g/mol. The van der Waals surface area contributed by atoms with Gasteiger partial charge in [0.2, 0.25) is 0 Å². The summed E-state index contributed by atoms with van der Waals surface area (Å²) in [6.45, 7) is 0.444. The second-order valence-corrected chi connectivity index (χ2v) is 3.46. The molecule has 0 aliphatic carbocycles. The van der Waals surface area contributed by atoms with Crippen molar-refractivity contribution in [2.75, 3.05) is 7.05 Å². The SMILES string of the molecule is CNCc1cc(-c2cc(F)c(F)c(F)c2)no1. The highest BCUT2D eigenvalue weighted by Gasteiger charge is 2.14. The Morgan fingerprint density at radius 1 is 1.18 bits per heavy atom. The summed E-state index contributed by atoms with van der Waals surface area (Å²) in [5.74, 6) is -3.48. The highest BCUT2D eigenvalue weighted by molar-refractivity contribution is 5.59. The van der Waals surface area contributed by atoms with E-state index in [0.29, 0.717) is 12.3 Å². The van der Waals surface area contributed by atoms with Crippen LogP contribution in [0.1, 0.15) is 5.76 Å². The summed E-state index contributed by atoms with van der Waals surface area (Å²) in [7, 11) is 1.72. The van der Waals surface area contributed by atoms with Gasteiger partial charge in [0, 0.05) is 11.6 Å². The molecule has 0 aliphatic rings. The fourth-order valence-electron chi connectivity index (χ4n) is 1.41. The summed E-state index contributed by atoms with van der Waals surface area (Å²) < 4.78 is 43.7. The number of hydrogen-bond donors (Lipinski definition) is 1. The summed E-state index contributed by atoms with van der Waals surface area (Å²) in [5, 5.41) is 6.48. The van der Waals surface area contributed by atoms with Crippen LogP contribution >= 0.6 is 0 Å². The molecule has 1 heterocycles. The third-order valence-electron chi connectivity index (χ3n) is 2.19. The van der Waals surface area contributed by atoms with Crippen LogP contribution in [0, 0.1) is 17.5 Å². The number of hydrogen-bond acceptors (Lipinski definition) is 3. The Bertz CT molecular complexity index is 516. The van der Waals surface area contributed by atoms with E-state index in [1.54, 1.807) is 7.05 Å². The summed E-state index contributed by atoms with van der Waals surface area (Å²) in [5.41, 5.74) is 0.389. The van der Waals surface area contributed by atoms with E-state index in [4.69, 9.17) is 4.52 Å². The molecular formula is C11H9F3N2O. The molecule has 0 spiro atoms. The predicted octanol–water partition coefficient (Wildman–Crippen LogP) is 2.48. The van der Waals surface area contributed by atoms with Crippen molar-refractivity contribution in [3.8, 4) is 11.3 Å². The zero-order valence-electron chi connectivity index (χ0n) is 8.93. The van der Waals surface area contributed by atoms with Crippen molar-refractivity contribution >= 4 is 0 Å². The summed E-state index contributed by atoms with van der Waals surface area (Å²) in [4.78, 5) is 0. The van der Waals surface area contributed by atoms with Gasteiger partial charge in [0.15, 0.2) is 23.2 Å². The minimum Gasteiger partial charge on any atom is -0.359 e. The van der Waals surface area contributed by atoms with E-state index < -0.39 is 17.5 Å². The maximum absolute atomic E-state index is 13.0. The molecule has 0 atom stereocenters. The maximum atomic E-state index is 13.0. The second-order valence-electron chi connectivity index (χ2n) is 3.46. The predicted molar refractivity (Wildman–Crippen MR) is 54.6 cm³/mol. The molecule has 0 saturated heterocycles. The van der Waals surface area contributed by atoms with Gasteiger partial charge in [0.1, 0.15) is 5.69 Å². The molecule has 2 aromatic rings. The van der Waals surface area contributed by atoms with Crippen molar-refractivity contribution < 1.29 is 17.7 Å². The summed E-state index contributed by atoms with van der Waals surface area (Å²) in [6.07, 6.45) is 0. The van der Waals surface area contributed by atoms with Crippen LogP contribution in [0.25, 0.3) is 11.3 Å². The quantitative estimate of drug-likeness (QED) is 0.840. The summed E-state index contributed by atoms with van der Waals surface area (Å²) >= 11 is 0. The van der Waals surface area contributed by atoms with Crippen molar-refractivity contribution in [3.63, 3.8) is 0 Å². The lowest BCUT2D eigenvalue weighted by Gasteiger charge is -1.98. The largest absolute Gasteiger partial charge is 0.359 e. The van der Waals surface area contributed by atoms with Gasteiger partial charge in [0.25, 0.3) is 0 Å². The van der Waals surface area contributed by atoms with Gasteiger partial charge in [-0.3, -0.25) is 0 Å². The molecule has 0 unspecified atom stereocenters. The third kappa shape index (κ3) is 2.31. The van der Waals surface area contributed by atoms with Crippen molar-refractivity contribution in [2.45, 2.75) is 6.54 Å². The average molecular weight is 242 g/mol. The molecule has 0 bridgehead atoms. The molecule has 1 aromatic carbocycles. The Morgan fingerprint density at radius 3 is 2.41 bits per heavy atom. The molecule has 2 rings (SSSR count). The minimum atomic E-state index is -1.49. The molecule has 90 valence electrons. The Hall–Kier alpha value is -1.82. The van der Waals surface area contributed by atoms with Crippen LogP contribution in [-0.2, 0) is 6.54 Å². The van der Waals surface area contributed by atoms with E-state index in [0.717, 1.165) is 12.1 Å². The fourth-order valence-corrected chi connectivity index (χ4v) is 1.41. The molecule has 0 radical (unpaired) electrons. The van der Waals surface area contributed by atoms with E-state index in [2.05, 4.69) is 10.5 Å². The van der Waals surface area contributed by atoms with Gasteiger partial charge in [-0.15, -0.1) is 0 Å². The van der Waals surface area contributed by atoms with Crippen LogP contribution in [0.5, 0.6) is 0 Å². The number of halogens is 3. The van der Waals surface area contributed by atoms with Gasteiger partial charge in [-0.05, 0) is 19.2 Å². The normalized spacial score (nSPS) is 10.8. The highest BCUT2D eigenvalue weighted by atomic mass is 19.2. The van der Waals surface area contributed by atoms with Crippen molar-refractivity contribution in [1.29, 1.82) is 0 Å². The molecule has 1 N–H and O–H groups in total.